The molecule has 0 aliphatic rings. The van der Waals surface area contributed by atoms with Crippen LogP contribution in [-0.4, -0.2) is 0 Å². The SMILES string of the molecule is C=CC(C)(N)c1ccc(Br)cc1. The molecule has 0 fully saturated rings. The Kier molecular flexibility index (Phi) is 2.70. The highest BCUT2D eigenvalue weighted by molar-refractivity contribution is 9.10. The molecule has 64 valence electrons. The van der Waals surface area contributed by atoms with Crippen LogP contribution in [0.1, 0.15) is 12.5 Å². The van der Waals surface area contributed by atoms with Crippen molar-refractivity contribution >= 4 is 15.9 Å². The average molecular weight is 226 g/mol. The fourth-order valence-corrected chi connectivity index (χ4v) is 1.19. The van der Waals surface area contributed by atoms with Crippen molar-refractivity contribution in [3.8, 4) is 0 Å². The van der Waals surface area contributed by atoms with E-state index in [1.54, 1.807) is 6.08 Å². The highest BCUT2D eigenvalue weighted by atomic mass is 79.9. The van der Waals surface area contributed by atoms with Gasteiger partial charge in [-0.2, -0.15) is 0 Å². The molecule has 1 rings (SSSR count). The van der Waals surface area contributed by atoms with E-state index in [-0.39, 0.29) is 0 Å². The first-order valence-corrected chi connectivity index (χ1v) is 4.54. The van der Waals surface area contributed by atoms with E-state index in [1.807, 2.05) is 31.2 Å². The maximum absolute atomic E-state index is 5.95. The summed E-state index contributed by atoms with van der Waals surface area (Å²) in [4.78, 5) is 0. The Balaban J connectivity index is 3.04. The van der Waals surface area contributed by atoms with Crippen LogP contribution in [0.5, 0.6) is 0 Å². The van der Waals surface area contributed by atoms with Crippen LogP contribution in [-0.2, 0) is 5.54 Å². The first-order valence-electron chi connectivity index (χ1n) is 3.75. The van der Waals surface area contributed by atoms with Crippen molar-refractivity contribution in [1.82, 2.24) is 0 Å². The van der Waals surface area contributed by atoms with Gasteiger partial charge in [0.25, 0.3) is 0 Å². The number of halogens is 1. The molecule has 0 bridgehead atoms. The van der Waals surface area contributed by atoms with Crippen LogP contribution < -0.4 is 5.73 Å². The lowest BCUT2D eigenvalue weighted by Gasteiger charge is -2.20. The first-order chi connectivity index (χ1) is 5.56. The Hall–Kier alpha value is -0.600. The number of rotatable bonds is 2. The molecule has 1 aromatic carbocycles. The van der Waals surface area contributed by atoms with Crippen molar-refractivity contribution in [3.05, 3.63) is 47.0 Å². The molecule has 0 spiro atoms. The van der Waals surface area contributed by atoms with Gasteiger partial charge in [-0.25, -0.2) is 0 Å². The molecule has 0 amide bonds. The van der Waals surface area contributed by atoms with Gasteiger partial charge in [0, 0.05) is 4.47 Å². The van der Waals surface area contributed by atoms with Gasteiger partial charge < -0.3 is 5.73 Å². The summed E-state index contributed by atoms with van der Waals surface area (Å²) in [7, 11) is 0. The molecule has 1 atom stereocenters. The fraction of sp³-hybridized carbons (Fsp3) is 0.200. The van der Waals surface area contributed by atoms with Gasteiger partial charge in [0.2, 0.25) is 0 Å². The van der Waals surface area contributed by atoms with Crippen LogP contribution >= 0.6 is 15.9 Å². The third-order valence-electron chi connectivity index (χ3n) is 1.89. The summed E-state index contributed by atoms with van der Waals surface area (Å²) >= 11 is 3.37. The zero-order valence-electron chi connectivity index (χ0n) is 7.05. The van der Waals surface area contributed by atoms with E-state index < -0.39 is 5.54 Å². The van der Waals surface area contributed by atoms with Crippen LogP contribution in [0.2, 0.25) is 0 Å². The second-order valence-electron chi connectivity index (χ2n) is 2.99. The fourth-order valence-electron chi connectivity index (χ4n) is 0.927. The number of hydrogen-bond donors (Lipinski definition) is 1. The normalized spacial score (nSPS) is 15.2. The second-order valence-corrected chi connectivity index (χ2v) is 3.91. The van der Waals surface area contributed by atoms with Crippen LogP contribution in [0.3, 0.4) is 0 Å². The molecule has 12 heavy (non-hydrogen) atoms. The molecule has 0 radical (unpaired) electrons. The van der Waals surface area contributed by atoms with Gasteiger partial charge in [-0.3, -0.25) is 0 Å². The van der Waals surface area contributed by atoms with E-state index in [0.717, 1.165) is 10.0 Å². The predicted octanol–water partition coefficient (Wildman–Crippen LogP) is 2.81. The van der Waals surface area contributed by atoms with Crippen molar-refractivity contribution in [2.45, 2.75) is 12.5 Å². The predicted molar refractivity (Wildman–Crippen MR) is 55.9 cm³/mol. The van der Waals surface area contributed by atoms with E-state index in [1.165, 1.54) is 0 Å². The molecular weight excluding hydrogens is 214 g/mol. The molecular formula is C10H12BrN. The average Bonchev–Trinajstić information content (AvgIpc) is 2.05. The van der Waals surface area contributed by atoms with Gasteiger partial charge in [-0.05, 0) is 24.6 Å². The Morgan fingerprint density at radius 1 is 1.42 bits per heavy atom. The monoisotopic (exact) mass is 225 g/mol. The minimum absolute atomic E-state index is 0.430. The van der Waals surface area contributed by atoms with Gasteiger partial charge in [0.05, 0.1) is 5.54 Å². The Labute approximate surface area is 81.4 Å². The molecule has 0 saturated carbocycles. The van der Waals surface area contributed by atoms with Crippen molar-refractivity contribution in [2.24, 2.45) is 5.73 Å². The Bertz CT molecular complexity index is 274. The molecule has 0 aliphatic heterocycles. The third kappa shape index (κ3) is 1.96. The van der Waals surface area contributed by atoms with Crippen LogP contribution in [0.25, 0.3) is 0 Å². The molecule has 2 N–H and O–H groups in total. The summed E-state index contributed by atoms with van der Waals surface area (Å²) in [5, 5.41) is 0. The summed E-state index contributed by atoms with van der Waals surface area (Å²) in [6.45, 7) is 5.63. The van der Waals surface area contributed by atoms with E-state index in [9.17, 15) is 0 Å². The number of hydrogen-bond acceptors (Lipinski definition) is 1. The maximum atomic E-state index is 5.95. The van der Waals surface area contributed by atoms with Gasteiger partial charge in [-0.15, -0.1) is 6.58 Å². The highest BCUT2D eigenvalue weighted by Gasteiger charge is 2.15. The zero-order valence-corrected chi connectivity index (χ0v) is 8.64. The van der Waals surface area contributed by atoms with Crippen molar-refractivity contribution in [1.29, 1.82) is 0 Å². The molecule has 0 aliphatic carbocycles. The standard InChI is InChI=1S/C10H12BrN/c1-3-10(2,12)8-4-6-9(11)7-5-8/h3-7H,1,12H2,2H3. The minimum Gasteiger partial charge on any atom is -0.318 e. The maximum Gasteiger partial charge on any atom is 0.0564 e. The lowest BCUT2D eigenvalue weighted by molar-refractivity contribution is 0.632. The molecule has 0 saturated heterocycles. The van der Waals surface area contributed by atoms with Crippen molar-refractivity contribution in [3.63, 3.8) is 0 Å². The zero-order chi connectivity index (χ0) is 9.19. The lowest BCUT2D eigenvalue weighted by atomic mass is 9.94. The van der Waals surface area contributed by atoms with Crippen LogP contribution in [0.4, 0.5) is 0 Å². The number of nitrogens with two attached hydrogens (primary N) is 1. The van der Waals surface area contributed by atoms with E-state index in [4.69, 9.17) is 5.73 Å². The van der Waals surface area contributed by atoms with E-state index >= 15 is 0 Å². The molecule has 1 nitrogen and oxygen atoms in total. The summed E-state index contributed by atoms with van der Waals surface area (Å²) in [6.07, 6.45) is 1.75. The Morgan fingerprint density at radius 3 is 2.33 bits per heavy atom. The second kappa shape index (κ2) is 3.42. The van der Waals surface area contributed by atoms with Gasteiger partial charge in [0.1, 0.15) is 0 Å². The Morgan fingerprint density at radius 2 is 1.92 bits per heavy atom. The summed E-state index contributed by atoms with van der Waals surface area (Å²) < 4.78 is 1.06. The molecule has 1 aromatic rings. The summed E-state index contributed by atoms with van der Waals surface area (Å²) in [6, 6.07) is 7.94. The first kappa shape index (κ1) is 9.49. The smallest absolute Gasteiger partial charge is 0.0564 e. The molecule has 0 aromatic heterocycles. The topological polar surface area (TPSA) is 26.0 Å². The summed E-state index contributed by atoms with van der Waals surface area (Å²) in [5.41, 5.74) is 6.59. The van der Waals surface area contributed by atoms with Crippen LogP contribution in [0, 0.1) is 0 Å². The third-order valence-corrected chi connectivity index (χ3v) is 2.42. The van der Waals surface area contributed by atoms with Gasteiger partial charge >= 0.3 is 0 Å². The van der Waals surface area contributed by atoms with E-state index in [2.05, 4.69) is 22.5 Å². The lowest BCUT2D eigenvalue weighted by Crippen LogP contribution is -2.29. The highest BCUT2D eigenvalue weighted by Crippen LogP contribution is 2.20. The van der Waals surface area contributed by atoms with Crippen LogP contribution in [0.15, 0.2) is 41.4 Å². The molecule has 1 unspecified atom stereocenters. The molecule has 0 heterocycles. The van der Waals surface area contributed by atoms with Crippen molar-refractivity contribution in [2.75, 3.05) is 0 Å². The van der Waals surface area contributed by atoms with Crippen molar-refractivity contribution < 1.29 is 0 Å². The number of benzene rings is 1. The summed E-state index contributed by atoms with van der Waals surface area (Å²) in [5.74, 6) is 0. The minimum atomic E-state index is -0.430. The van der Waals surface area contributed by atoms with E-state index in [0.29, 0.717) is 0 Å². The van der Waals surface area contributed by atoms with Gasteiger partial charge in [-0.1, -0.05) is 34.1 Å². The quantitative estimate of drug-likeness (QED) is 0.771. The van der Waals surface area contributed by atoms with Gasteiger partial charge in [0.15, 0.2) is 0 Å². The largest absolute Gasteiger partial charge is 0.318 e. The molecule has 2 heteroatoms.